The van der Waals surface area contributed by atoms with Gasteiger partial charge in [-0.05, 0) is 23.6 Å². The number of carbonyl (C=O) groups excluding carboxylic acids is 2. The van der Waals surface area contributed by atoms with Crippen LogP contribution < -0.4 is 0 Å². The maximum absolute atomic E-state index is 12.9. The predicted molar refractivity (Wildman–Crippen MR) is 82.7 cm³/mol. The molecule has 5 heteroatoms. The number of nitrogens with zero attached hydrogens (tertiary/aromatic N) is 2. The van der Waals surface area contributed by atoms with E-state index in [2.05, 4.69) is 0 Å². The van der Waals surface area contributed by atoms with E-state index in [1.807, 2.05) is 18.7 Å². The molecule has 4 nitrogen and oxygen atoms in total. The molecule has 0 atom stereocenters. The Labute approximate surface area is 130 Å². The largest absolute Gasteiger partial charge is 0.339 e. The molecule has 0 bridgehead atoms. The highest BCUT2D eigenvalue weighted by Crippen LogP contribution is 2.10. The van der Waals surface area contributed by atoms with E-state index in [0.717, 1.165) is 5.56 Å². The smallest absolute Gasteiger partial charge is 0.227 e. The number of rotatable bonds is 4. The van der Waals surface area contributed by atoms with Crippen LogP contribution in [0.25, 0.3) is 0 Å². The van der Waals surface area contributed by atoms with E-state index in [-0.39, 0.29) is 24.1 Å². The highest BCUT2D eigenvalue weighted by molar-refractivity contribution is 5.80. The number of amides is 2. The van der Waals surface area contributed by atoms with Gasteiger partial charge in [-0.1, -0.05) is 26.0 Å². The van der Waals surface area contributed by atoms with Crippen LogP contribution in [0.2, 0.25) is 0 Å². The van der Waals surface area contributed by atoms with Crippen molar-refractivity contribution in [3.05, 3.63) is 35.6 Å². The second-order valence-corrected chi connectivity index (χ2v) is 6.16. The van der Waals surface area contributed by atoms with E-state index < -0.39 is 0 Å². The zero-order valence-electron chi connectivity index (χ0n) is 13.2. The Hall–Kier alpha value is -1.91. The standard InChI is InChI=1S/C17H23FN2O2/c1-13(2)11-16(21)19-7-9-20(10-8-19)17(22)12-14-3-5-15(18)6-4-14/h3-6,13H,7-12H2,1-2H3. The zero-order valence-corrected chi connectivity index (χ0v) is 13.2. The molecule has 0 aliphatic carbocycles. The molecule has 0 unspecified atom stereocenters. The first kappa shape index (κ1) is 16.5. The Kier molecular flexibility index (Phi) is 5.52. The maximum Gasteiger partial charge on any atom is 0.227 e. The highest BCUT2D eigenvalue weighted by Gasteiger charge is 2.24. The fourth-order valence-electron chi connectivity index (χ4n) is 2.57. The van der Waals surface area contributed by atoms with E-state index in [1.54, 1.807) is 17.0 Å². The molecule has 0 saturated carbocycles. The summed E-state index contributed by atoms with van der Waals surface area (Å²) in [5.74, 6) is 0.252. The molecule has 0 N–H and O–H groups in total. The zero-order chi connectivity index (χ0) is 16.1. The third-order valence-corrected chi connectivity index (χ3v) is 3.84. The average Bonchev–Trinajstić information content (AvgIpc) is 2.49. The van der Waals surface area contributed by atoms with Gasteiger partial charge in [0.25, 0.3) is 0 Å². The first-order chi connectivity index (χ1) is 10.5. The Morgan fingerprint density at radius 1 is 1.00 bits per heavy atom. The third-order valence-electron chi connectivity index (χ3n) is 3.84. The van der Waals surface area contributed by atoms with Crippen molar-refractivity contribution in [2.24, 2.45) is 5.92 Å². The summed E-state index contributed by atoms with van der Waals surface area (Å²) >= 11 is 0. The van der Waals surface area contributed by atoms with Gasteiger partial charge in [0.2, 0.25) is 11.8 Å². The summed E-state index contributed by atoms with van der Waals surface area (Å²) in [6, 6.07) is 6.00. The van der Waals surface area contributed by atoms with E-state index in [9.17, 15) is 14.0 Å². The molecule has 0 spiro atoms. The summed E-state index contributed by atoms with van der Waals surface area (Å²) in [5, 5.41) is 0. The number of hydrogen-bond donors (Lipinski definition) is 0. The minimum atomic E-state index is -0.298. The van der Waals surface area contributed by atoms with Crippen LogP contribution >= 0.6 is 0 Å². The van der Waals surface area contributed by atoms with Gasteiger partial charge in [0.1, 0.15) is 5.82 Å². The summed E-state index contributed by atoms with van der Waals surface area (Å²) in [5.41, 5.74) is 0.810. The maximum atomic E-state index is 12.9. The number of halogens is 1. The third kappa shape index (κ3) is 4.55. The van der Waals surface area contributed by atoms with Crippen LogP contribution in [0, 0.1) is 11.7 Å². The molecule has 1 aromatic carbocycles. The summed E-state index contributed by atoms with van der Waals surface area (Å²) < 4.78 is 12.9. The molecule has 2 rings (SSSR count). The van der Waals surface area contributed by atoms with Crippen LogP contribution in [0.15, 0.2) is 24.3 Å². The van der Waals surface area contributed by atoms with Gasteiger partial charge < -0.3 is 9.80 Å². The minimum absolute atomic E-state index is 0.0302. The van der Waals surface area contributed by atoms with E-state index in [1.165, 1.54) is 12.1 Å². The summed E-state index contributed by atoms with van der Waals surface area (Å²) in [6.45, 7) is 6.40. The van der Waals surface area contributed by atoms with E-state index in [4.69, 9.17) is 0 Å². The van der Waals surface area contributed by atoms with Crippen molar-refractivity contribution in [1.29, 1.82) is 0 Å². The first-order valence-electron chi connectivity index (χ1n) is 7.75. The molecule has 120 valence electrons. The van der Waals surface area contributed by atoms with Crippen LogP contribution in [-0.2, 0) is 16.0 Å². The van der Waals surface area contributed by atoms with Crippen molar-refractivity contribution in [3.8, 4) is 0 Å². The first-order valence-corrected chi connectivity index (χ1v) is 7.75. The fraction of sp³-hybridized carbons (Fsp3) is 0.529. The predicted octanol–water partition coefficient (Wildman–Crippen LogP) is 2.09. The molecule has 1 aliphatic rings. The molecule has 1 saturated heterocycles. The topological polar surface area (TPSA) is 40.6 Å². The number of carbonyl (C=O) groups is 2. The monoisotopic (exact) mass is 306 g/mol. The summed E-state index contributed by atoms with van der Waals surface area (Å²) in [6.07, 6.45) is 0.837. The number of piperazine rings is 1. The molecular formula is C17H23FN2O2. The summed E-state index contributed by atoms with van der Waals surface area (Å²) in [4.78, 5) is 27.8. The van der Waals surface area contributed by atoms with Gasteiger partial charge in [0.15, 0.2) is 0 Å². The lowest BCUT2D eigenvalue weighted by molar-refractivity contribution is -0.139. The average molecular weight is 306 g/mol. The van der Waals surface area contributed by atoms with Crippen molar-refractivity contribution in [2.75, 3.05) is 26.2 Å². The van der Waals surface area contributed by atoms with Gasteiger partial charge in [-0.3, -0.25) is 9.59 Å². The van der Waals surface area contributed by atoms with Crippen molar-refractivity contribution < 1.29 is 14.0 Å². The molecule has 1 heterocycles. The van der Waals surface area contributed by atoms with Crippen LogP contribution in [0.3, 0.4) is 0 Å². The molecule has 0 radical (unpaired) electrons. The second-order valence-electron chi connectivity index (χ2n) is 6.16. The Balaban J connectivity index is 1.82. The van der Waals surface area contributed by atoms with Gasteiger partial charge >= 0.3 is 0 Å². The molecular weight excluding hydrogens is 283 g/mol. The fourth-order valence-corrected chi connectivity index (χ4v) is 2.57. The van der Waals surface area contributed by atoms with Crippen molar-refractivity contribution in [2.45, 2.75) is 26.7 Å². The van der Waals surface area contributed by atoms with Gasteiger partial charge in [-0.15, -0.1) is 0 Å². The van der Waals surface area contributed by atoms with Crippen molar-refractivity contribution in [3.63, 3.8) is 0 Å². The lowest BCUT2D eigenvalue weighted by Crippen LogP contribution is -2.51. The van der Waals surface area contributed by atoms with E-state index >= 15 is 0 Å². The second kappa shape index (κ2) is 7.38. The van der Waals surface area contributed by atoms with E-state index in [0.29, 0.717) is 38.5 Å². The van der Waals surface area contributed by atoms with Crippen LogP contribution in [-0.4, -0.2) is 47.8 Å². The Morgan fingerprint density at radius 3 is 2.00 bits per heavy atom. The highest BCUT2D eigenvalue weighted by atomic mass is 19.1. The minimum Gasteiger partial charge on any atom is -0.339 e. The SMILES string of the molecule is CC(C)CC(=O)N1CCN(C(=O)Cc2ccc(F)cc2)CC1. The lowest BCUT2D eigenvalue weighted by Gasteiger charge is -2.35. The van der Waals surface area contributed by atoms with Crippen LogP contribution in [0.5, 0.6) is 0 Å². The van der Waals surface area contributed by atoms with Gasteiger partial charge in [-0.2, -0.15) is 0 Å². The number of benzene rings is 1. The quantitative estimate of drug-likeness (QED) is 0.854. The molecule has 1 aliphatic heterocycles. The molecule has 2 amide bonds. The van der Waals surface area contributed by atoms with Gasteiger partial charge in [0, 0.05) is 32.6 Å². The van der Waals surface area contributed by atoms with Crippen LogP contribution in [0.4, 0.5) is 4.39 Å². The number of hydrogen-bond acceptors (Lipinski definition) is 2. The Morgan fingerprint density at radius 2 is 1.50 bits per heavy atom. The van der Waals surface area contributed by atoms with Crippen molar-refractivity contribution in [1.82, 2.24) is 9.80 Å². The Bertz CT molecular complexity index is 520. The molecule has 1 fully saturated rings. The molecule has 1 aromatic rings. The summed E-state index contributed by atoms with van der Waals surface area (Å²) in [7, 11) is 0. The lowest BCUT2D eigenvalue weighted by atomic mass is 10.1. The van der Waals surface area contributed by atoms with Crippen LogP contribution in [0.1, 0.15) is 25.8 Å². The van der Waals surface area contributed by atoms with Crippen molar-refractivity contribution >= 4 is 11.8 Å². The van der Waals surface area contributed by atoms with Gasteiger partial charge in [0.05, 0.1) is 6.42 Å². The molecule has 0 aromatic heterocycles. The molecule has 22 heavy (non-hydrogen) atoms. The normalized spacial score (nSPS) is 15.3. The van der Waals surface area contributed by atoms with Gasteiger partial charge in [-0.25, -0.2) is 4.39 Å².